The van der Waals surface area contributed by atoms with Gasteiger partial charge in [0.2, 0.25) is 17.6 Å². The number of hydrazine groups is 1. The van der Waals surface area contributed by atoms with Gasteiger partial charge in [-0.3, -0.25) is 15.5 Å². The summed E-state index contributed by atoms with van der Waals surface area (Å²) in [5.41, 5.74) is 3.58. The number of aryl methyl sites for hydroxylation is 2. The monoisotopic (exact) mass is 275 g/mol. The molecule has 3 N–H and O–H groups in total. The highest BCUT2D eigenvalue weighted by Gasteiger charge is 2.17. The van der Waals surface area contributed by atoms with Crippen molar-refractivity contribution < 1.29 is 9.66 Å². The fourth-order valence-electron chi connectivity index (χ4n) is 1.56. The molecule has 0 atom stereocenters. The van der Waals surface area contributed by atoms with Crippen LogP contribution in [0.25, 0.3) is 0 Å². The van der Waals surface area contributed by atoms with E-state index in [2.05, 4.69) is 15.4 Å². The highest BCUT2D eigenvalue weighted by Crippen LogP contribution is 2.32. The van der Waals surface area contributed by atoms with Gasteiger partial charge in [0.05, 0.1) is 4.92 Å². The van der Waals surface area contributed by atoms with Crippen molar-refractivity contribution in [3.8, 4) is 11.6 Å². The van der Waals surface area contributed by atoms with E-state index in [0.717, 1.165) is 5.56 Å². The lowest BCUT2D eigenvalue weighted by Crippen LogP contribution is -2.11. The van der Waals surface area contributed by atoms with Gasteiger partial charge in [0.25, 0.3) is 0 Å². The predicted molar refractivity (Wildman–Crippen MR) is 72.5 cm³/mol. The summed E-state index contributed by atoms with van der Waals surface area (Å²) in [6, 6.07) is 4.69. The van der Waals surface area contributed by atoms with Crippen LogP contribution < -0.4 is 16.0 Å². The summed E-state index contributed by atoms with van der Waals surface area (Å²) in [5, 5.41) is 11.0. The maximum Gasteiger partial charge on any atom is 0.311 e. The van der Waals surface area contributed by atoms with Crippen molar-refractivity contribution in [1.29, 1.82) is 0 Å². The second kappa shape index (κ2) is 5.49. The Bertz CT molecular complexity index is 660. The number of nitrogens with one attached hydrogen (secondary N) is 1. The van der Waals surface area contributed by atoms with Gasteiger partial charge in [-0.2, -0.15) is 4.98 Å². The molecule has 2 aromatic rings. The van der Waals surface area contributed by atoms with Crippen LogP contribution in [0.5, 0.6) is 11.6 Å². The Kier molecular flexibility index (Phi) is 3.76. The average Bonchev–Trinajstić information content (AvgIpc) is 2.42. The molecular formula is C12H13N5O3. The van der Waals surface area contributed by atoms with Crippen LogP contribution in [-0.4, -0.2) is 14.9 Å². The van der Waals surface area contributed by atoms with Gasteiger partial charge in [0.15, 0.2) is 0 Å². The SMILES string of the molecule is Cc1ccc(Oc2nc(NN)ncc2C)c([N+](=O)[O-])c1. The van der Waals surface area contributed by atoms with Crippen LogP contribution in [0.1, 0.15) is 11.1 Å². The molecule has 0 aliphatic carbocycles. The third kappa shape index (κ3) is 2.81. The first-order valence-corrected chi connectivity index (χ1v) is 5.74. The Labute approximate surface area is 114 Å². The van der Waals surface area contributed by atoms with Gasteiger partial charge in [-0.25, -0.2) is 10.8 Å². The lowest BCUT2D eigenvalue weighted by molar-refractivity contribution is -0.385. The van der Waals surface area contributed by atoms with Crippen LogP contribution in [0.4, 0.5) is 11.6 Å². The smallest absolute Gasteiger partial charge is 0.311 e. The third-order valence-electron chi connectivity index (χ3n) is 2.57. The zero-order valence-corrected chi connectivity index (χ0v) is 11.0. The number of hydrogen-bond donors (Lipinski definition) is 2. The van der Waals surface area contributed by atoms with E-state index in [4.69, 9.17) is 10.6 Å². The Hall–Kier alpha value is -2.74. The summed E-state index contributed by atoms with van der Waals surface area (Å²) < 4.78 is 5.51. The normalized spacial score (nSPS) is 10.2. The van der Waals surface area contributed by atoms with Gasteiger partial charge in [-0.05, 0) is 25.5 Å². The Morgan fingerprint density at radius 2 is 2.15 bits per heavy atom. The molecule has 0 spiro atoms. The summed E-state index contributed by atoms with van der Waals surface area (Å²) in [6.45, 7) is 3.50. The number of hydrogen-bond acceptors (Lipinski definition) is 7. The first kappa shape index (κ1) is 13.7. The van der Waals surface area contributed by atoms with Crippen molar-refractivity contribution in [1.82, 2.24) is 9.97 Å². The molecule has 1 heterocycles. The first-order chi connectivity index (χ1) is 9.51. The quantitative estimate of drug-likeness (QED) is 0.498. The van der Waals surface area contributed by atoms with E-state index in [9.17, 15) is 10.1 Å². The zero-order chi connectivity index (χ0) is 14.7. The van der Waals surface area contributed by atoms with Crippen LogP contribution in [0.15, 0.2) is 24.4 Å². The summed E-state index contributed by atoms with van der Waals surface area (Å²) in [4.78, 5) is 18.5. The molecule has 8 nitrogen and oxygen atoms in total. The summed E-state index contributed by atoms with van der Waals surface area (Å²) in [5.74, 6) is 5.71. The van der Waals surface area contributed by atoms with Crippen LogP contribution in [0, 0.1) is 24.0 Å². The van der Waals surface area contributed by atoms with E-state index < -0.39 is 4.92 Å². The molecule has 2 rings (SSSR count). The molecule has 0 amide bonds. The molecule has 0 aliphatic heterocycles. The maximum atomic E-state index is 11.0. The largest absolute Gasteiger partial charge is 0.431 e. The number of nitrogens with zero attached hydrogens (tertiary/aromatic N) is 3. The van der Waals surface area contributed by atoms with Crippen molar-refractivity contribution in [2.75, 3.05) is 5.43 Å². The van der Waals surface area contributed by atoms with Crippen molar-refractivity contribution >= 4 is 11.6 Å². The van der Waals surface area contributed by atoms with Crippen molar-refractivity contribution in [3.05, 3.63) is 45.6 Å². The minimum atomic E-state index is -0.499. The fourth-order valence-corrected chi connectivity index (χ4v) is 1.56. The van der Waals surface area contributed by atoms with E-state index in [1.54, 1.807) is 19.9 Å². The molecule has 0 saturated carbocycles. The second-order valence-electron chi connectivity index (χ2n) is 4.16. The Morgan fingerprint density at radius 3 is 2.80 bits per heavy atom. The van der Waals surface area contributed by atoms with Gasteiger partial charge < -0.3 is 4.74 Å². The van der Waals surface area contributed by atoms with Gasteiger partial charge in [-0.1, -0.05) is 6.07 Å². The molecule has 0 fully saturated rings. The number of aromatic nitrogens is 2. The lowest BCUT2D eigenvalue weighted by Gasteiger charge is -2.09. The molecule has 0 bridgehead atoms. The highest BCUT2D eigenvalue weighted by atomic mass is 16.6. The van der Waals surface area contributed by atoms with E-state index >= 15 is 0 Å². The van der Waals surface area contributed by atoms with E-state index in [1.165, 1.54) is 18.3 Å². The van der Waals surface area contributed by atoms with Gasteiger partial charge in [0.1, 0.15) is 0 Å². The molecule has 1 aromatic heterocycles. The molecule has 8 heteroatoms. The van der Waals surface area contributed by atoms with Gasteiger partial charge >= 0.3 is 5.69 Å². The molecule has 0 saturated heterocycles. The number of benzene rings is 1. The number of ether oxygens (including phenoxy) is 1. The van der Waals surface area contributed by atoms with Crippen molar-refractivity contribution in [2.45, 2.75) is 13.8 Å². The van der Waals surface area contributed by atoms with Gasteiger partial charge in [0, 0.05) is 17.8 Å². The first-order valence-electron chi connectivity index (χ1n) is 5.74. The van der Waals surface area contributed by atoms with Crippen LogP contribution in [0.2, 0.25) is 0 Å². The van der Waals surface area contributed by atoms with E-state index in [-0.39, 0.29) is 23.3 Å². The van der Waals surface area contributed by atoms with Crippen molar-refractivity contribution in [3.63, 3.8) is 0 Å². The Balaban J connectivity index is 2.42. The molecule has 20 heavy (non-hydrogen) atoms. The number of nitrogens with two attached hydrogens (primary N) is 1. The number of nitro benzene ring substituents is 1. The molecule has 1 aromatic carbocycles. The molecule has 0 radical (unpaired) electrons. The minimum Gasteiger partial charge on any atom is -0.431 e. The standard InChI is InChI=1S/C12H13N5O3/c1-7-3-4-10(9(5-7)17(18)19)20-11-8(2)6-14-12(15-11)16-13/h3-6H,13H2,1-2H3,(H,14,15,16). The van der Waals surface area contributed by atoms with Crippen molar-refractivity contribution in [2.24, 2.45) is 5.84 Å². The molecular weight excluding hydrogens is 262 g/mol. The molecule has 104 valence electrons. The third-order valence-corrected chi connectivity index (χ3v) is 2.57. The van der Waals surface area contributed by atoms with Crippen LogP contribution in [-0.2, 0) is 0 Å². The Morgan fingerprint density at radius 1 is 1.40 bits per heavy atom. The number of nitro groups is 1. The second-order valence-corrected chi connectivity index (χ2v) is 4.16. The predicted octanol–water partition coefficient (Wildman–Crippen LogP) is 2.08. The lowest BCUT2D eigenvalue weighted by atomic mass is 10.2. The summed E-state index contributed by atoms with van der Waals surface area (Å²) in [7, 11) is 0. The van der Waals surface area contributed by atoms with Crippen LogP contribution in [0.3, 0.4) is 0 Å². The number of rotatable bonds is 4. The fraction of sp³-hybridized carbons (Fsp3) is 0.167. The summed E-state index contributed by atoms with van der Waals surface area (Å²) in [6.07, 6.45) is 1.51. The number of anilines is 1. The maximum absolute atomic E-state index is 11.0. The van der Waals surface area contributed by atoms with Gasteiger partial charge in [-0.15, -0.1) is 0 Å². The summed E-state index contributed by atoms with van der Waals surface area (Å²) >= 11 is 0. The number of nitrogen functional groups attached to an aromatic ring is 1. The zero-order valence-electron chi connectivity index (χ0n) is 11.0. The van der Waals surface area contributed by atoms with Crippen LogP contribution >= 0.6 is 0 Å². The topological polar surface area (TPSA) is 116 Å². The molecule has 0 aliphatic rings. The average molecular weight is 275 g/mol. The minimum absolute atomic E-state index is 0.116. The molecule has 0 unspecified atom stereocenters. The van der Waals surface area contributed by atoms with E-state index in [0.29, 0.717) is 5.56 Å². The highest BCUT2D eigenvalue weighted by molar-refractivity contribution is 5.50. The van der Waals surface area contributed by atoms with E-state index in [1.807, 2.05) is 0 Å².